The molecule has 0 radical (unpaired) electrons. The lowest BCUT2D eigenvalue weighted by molar-refractivity contribution is 0.440. The molecule has 0 spiro atoms. The zero-order valence-corrected chi connectivity index (χ0v) is 8.56. The molecule has 1 aliphatic carbocycles. The van der Waals surface area contributed by atoms with Crippen molar-refractivity contribution in [3.8, 4) is 0 Å². The largest absolute Gasteiger partial charge is 0.330 e. The Morgan fingerprint density at radius 3 is 3.07 bits per heavy atom. The van der Waals surface area contributed by atoms with Crippen molar-refractivity contribution in [1.29, 1.82) is 0 Å². The highest BCUT2D eigenvalue weighted by atomic mass is 15.1. The van der Waals surface area contributed by atoms with Crippen molar-refractivity contribution >= 4 is 0 Å². The van der Waals surface area contributed by atoms with E-state index in [-0.39, 0.29) is 6.04 Å². The number of aromatic nitrogens is 2. The summed E-state index contributed by atoms with van der Waals surface area (Å²) in [7, 11) is 0. The monoisotopic (exact) mass is 191 g/mol. The van der Waals surface area contributed by atoms with Crippen LogP contribution in [0.5, 0.6) is 0 Å². The zero-order valence-electron chi connectivity index (χ0n) is 8.56. The van der Waals surface area contributed by atoms with Gasteiger partial charge in [0.05, 0.1) is 12.0 Å². The summed E-state index contributed by atoms with van der Waals surface area (Å²) in [5, 5.41) is 0. The third kappa shape index (κ3) is 1.73. The third-order valence-electron chi connectivity index (χ3n) is 2.80. The van der Waals surface area contributed by atoms with Crippen LogP contribution in [0.3, 0.4) is 0 Å². The van der Waals surface area contributed by atoms with Crippen molar-refractivity contribution < 1.29 is 0 Å². The standard InChI is InChI=1S/C11H17N3/c1-9(12)11-7-13-8-14(11)10-5-3-2-4-6-10/h2-3,7-10H,4-6,12H2,1H3/t9-,10?/m1/s1. The number of nitrogens with two attached hydrogens (primary N) is 1. The van der Waals surface area contributed by atoms with Crippen LogP contribution in [0, 0.1) is 0 Å². The Kier molecular flexibility index (Phi) is 2.68. The van der Waals surface area contributed by atoms with Crippen LogP contribution < -0.4 is 5.73 Å². The van der Waals surface area contributed by atoms with E-state index in [1.165, 1.54) is 12.8 Å². The summed E-state index contributed by atoms with van der Waals surface area (Å²) in [4.78, 5) is 4.18. The normalized spacial score (nSPS) is 23.7. The molecule has 76 valence electrons. The van der Waals surface area contributed by atoms with Gasteiger partial charge in [-0.05, 0) is 26.2 Å². The van der Waals surface area contributed by atoms with Gasteiger partial charge in [-0.25, -0.2) is 4.98 Å². The van der Waals surface area contributed by atoms with Crippen molar-refractivity contribution in [3.63, 3.8) is 0 Å². The van der Waals surface area contributed by atoms with E-state index in [4.69, 9.17) is 5.73 Å². The average molecular weight is 191 g/mol. The maximum Gasteiger partial charge on any atom is 0.0951 e. The number of allylic oxidation sites excluding steroid dienone is 2. The van der Waals surface area contributed by atoms with E-state index in [0.29, 0.717) is 6.04 Å². The summed E-state index contributed by atoms with van der Waals surface area (Å²) >= 11 is 0. The van der Waals surface area contributed by atoms with E-state index < -0.39 is 0 Å². The van der Waals surface area contributed by atoms with Gasteiger partial charge in [-0.15, -0.1) is 0 Å². The van der Waals surface area contributed by atoms with Gasteiger partial charge in [0.25, 0.3) is 0 Å². The van der Waals surface area contributed by atoms with Gasteiger partial charge in [0, 0.05) is 18.3 Å². The van der Waals surface area contributed by atoms with Crippen LogP contribution in [0.4, 0.5) is 0 Å². The quantitative estimate of drug-likeness (QED) is 0.728. The molecule has 0 saturated heterocycles. The Balaban J connectivity index is 2.22. The fraction of sp³-hybridized carbons (Fsp3) is 0.545. The topological polar surface area (TPSA) is 43.8 Å². The van der Waals surface area contributed by atoms with Crippen LogP contribution in [0.15, 0.2) is 24.7 Å². The molecule has 2 atom stereocenters. The van der Waals surface area contributed by atoms with Gasteiger partial charge >= 0.3 is 0 Å². The second-order valence-corrected chi connectivity index (χ2v) is 3.95. The van der Waals surface area contributed by atoms with Gasteiger partial charge in [0.1, 0.15) is 0 Å². The molecule has 1 aromatic rings. The van der Waals surface area contributed by atoms with E-state index in [1.54, 1.807) is 0 Å². The van der Waals surface area contributed by atoms with Crippen LogP contribution >= 0.6 is 0 Å². The molecular weight excluding hydrogens is 174 g/mol. The molecule has 2 rings (SSSR count). The third-order valence-corrected chi connectivity index (χ3v) is 2.80. The highest BCUT2D eigenvalue weighted by molar-refractivity contribution is 5.07. The Hall–Kier alpha value is -1.09. The van der Waals surface area contributed by atoms with Gasteiger partial charge in [-0.1, -0.05) is 12.2 Å². The molecule has 1 heterocycles. The van der Waals surface area contributed by atoms with Crippen molar-refractivity contribution in [1.82, 2.24) is 9.55 Å². The molecule has 1 unspecified atom stereocenters. The summed E-state index contributed by atoms with van der Waals surface area (Å²) < 4.78 is 2.23. The summed E-state index contributed by atoms with van der Waals surface area (Å²) in [6.45, 7) is 2.01. The van der Waals surface area contributed by atoms with Gasteiger partial charge in [-0.3, -0.25) is 0 Å². The molecule has 1 aromatic heterocycles. The predicted molar refractivity (Wildman–Crippen MR) is 56.9 cm³/mol. The Morgan fingerprint density at radius 1 is 1.57 bits per heavy atom. The van der Waals surface area contributed by atoms with Gasteiger partial charge < -0.3 is 10.3 Å². The van der Waals surface area contributed by atoms with Gasteiger partial charge in [-0.2, -0.15) is 0 Å². The molecule has 3 nitrogen and oxygen atoms in total. The Bertz CT molecular complexity index is 325. The Morgan fingerprint density at radius 2 is 2.43 bits per heavy atom. The minimum absolute atomic E-state index is 0.0726. The lowest BCUT2D eigenvalue weighted by Gasteiger charge is -2.22. The summed E-state index contributed by atoms with van der Waals surface area (Å²) in [5.74, 6) is 0. The second kappa shape index (κ2) is 3.96. The number of hydrogen-bond acceptors (Lipinski definition) is 2. The first-order valence-corrected chi connectivity index (χ1v) is 5.21. The van der Waals surface area contributed by atoms with E-state index in [2.05, 4.69) is 21.7 Å². The smallest absolute Gasteiger partial charge is 0.0951 e. The maximum absolute atomic E-state index is 5.89. The fourth-order valence-corrected chi connectivity index (χ4v) is 2.00. The summed E-state index contributed by atoms with van der Waals surface area (Å²) in [5.41, 5.74) is 7.03. The SMILES string of the molecule is C[C@@H](N)c1cncn1C1CC=CCC1. The minimum Gasteiger partial charge on any atom is -0.330 e. The van der Waals surface area contributed by atoms with E-state index in [1.807, 2.05) is 19.4 Å². The molecule has 0 fully saturated rings. The average Bonchev–Trinajstić information content (AvgIpc) is 2.67. The molecule has 14 heavy (non-hydrogen) atoms. The van der Waals surface area contributed by atoms with Crippen LogP contribution in [0.2, 0.25) is 0 Å². The van der Waals surface area contributed by atoms with Crippen molar-refractivity contribution in [2.45, 2.75) is 38.3 Å². The molecule has 3 heteroatoms. The maximum atomic E-state index is 5.89. The number of nitrogens with zero attached hydrogens (tertiary/aromatic N) is 2. The van der Waals surface area contributed by atoms with E-state index >= 15 is 0 Å². The first kappa shape index (κ1) is 9.46. The number of hydrogen-bond donors (Lipinski definition) is 1. The molecular formula is C11H17N3. The van der Waals surface area contributed by atoms with Gasteiger partial charge in [0.2, 0.25) is 0 Å². The molecule has 0 aromatic carbocycles. The van der Waals surface area contributed by atoms with Crippen LogP contribution in [0.1, 0.15) is 44.0 Å². The van der Waals surface area contributed by atoms with Crippen molar-refractivity contribution in [3.05, 3.63) is 30.4 Å². The molecule has 0 amide bonds. The number of imidazole rings is 1. The second-order valence-electron chi connectivity index (χ2n) is 3.95. The highest BCUT2D eigenvalue weighted by Crippen LogP contribution is 2.26. The zero-order chi connectivity index (χ0) is 9.97. The summed E-state index contributed by atoms with van der Waals surface area (Å²) in [6.07, 6.45) is 11.8. The van der Waals surface area contributed by atoms with Crippen LogP contribution in [-0.2, 0) is 0 Å². The first-order chi connectivity index (χ1) is 6.79. The first-order valence-electron chi connectivity index (χ1n) is 5.21. The Labute approximate surface area is 84.6 Å². The van der Waals surface area contributed by atoms with Gasteiger partial charge in [0.15, 0.2) is 0 Å². The molecule has 1 aliphatic rings. The lowest BCUT2D eigenvalue weighted by atomic mass is 10.0. The molecule has 0 bridgehead atoms. The molecule has 2 N–H and O–H groups in total. The van der Waals surface area contributed by atoms with E-state index in [9.17, 15) is 0 Å². The lowest BCUT2D eigenvalue weighted by Crippen LogP contribution is -2.17. The minimum atomic E-state index is 0.0726. The molecule has 0 saturated carbocycles. The van der Waals surface area contributed by atoms with Crippen molar-refractivity contribution in [2.75, 3.05) is 0 Å². The highest BCUT2D eigenvalue weighted by Gasteiger charge is 2.16. The molecule has 0 aliphatic heterocycles. The number of rotatable bonds is 2. The van der Waals surface area contributed by atoms with E-state index in [0.717, 1.165) is 12.1 Å². The van der Waals surface area contributed by atoms with Crippen LogP contribution in [-0.4, -0.2) is 9.55 Å². The predicted octanol–water partition coefficient (Wildman–Crippen LogP) is 2.18. The summed E-state index contributed by atoms with van der Waals surface area (Å²) in [6, 6.07) is 0.631. The van der Waals surface area contributed by atoms with Crippen molar-refractivity contribution in [2.24, 2.45) is 5.73 Å². The fourth-order valence-electron chi connectivity index (χ4n) is 2.00. The van der Waals surface area contributed by atoms with Crippen LogP contribution in [0.25, 0.3) is 0 Å².